The predicted octanol–water partition coefficient (Wildman–Crippen LogP) is 1.45. The third kappa shape index (κ3) is 2.97. The SMILES string of the molecule is Cc1nn(C(C)C)c(C)c1NC(=O)C(N)c1cnn(C)c1. The number of carbonyl (C=O) groups is 1. The van der Waals surface area contributed by atoms with Gasteiger partial charge in [0.05, 0.1) is 23.3 Å². The molecule has 0 saturated carbocycles. The summed E-state index contributed by atoms with van der Waals surface area (Å²) < 4.78 is 3.51. The van der Waals surface area contributed by atoms with E-state index in [2.05, 4.69) is 15.5 Å². The number of anilines is 1. The number of nitrogens with one attached hydrogen (secondary N) is 1. The molecular formula is C14H22N6O. The Bertz CT molecular complexity index is 654. The van der Waals surface area contributed by atoms with Gasteiger partial charge in [-0.25, -0.2) is 0 Å². The van der Waals surface area contributed by atoms with Gasteiger partial charge >= 0.3 is 0 Å². The quantitative estimate of drug-likeness (QED) is 0.891. The highest BCUT2D eigenvalue weighted by atomic mass is 16.2. The molecule has 7 nitrogen and oxygen atoms in total. The van der Waals surface area contributed by atoms with Crippen LogP contribution in [0.2, 0.25) is 0 Å². The van der Waals surface area contributed by atoms with Crippen molar-refractivity contribution in [2.24, 2.45) is 12.8 Å². The van der Waals surface area contributed by atoms with Gasteiger partial charge < -0.3 is 11.1 Å². The van der Waals surface area contributed by atoms with E-state index in [9.17, 15) is 4.79 Å². The highest BCUT2D eigenvalue weighted by Crippen LogP contribution is 2.23. The molecule has 0 aliphatic carbocycles. The van der Waals surface area contributed by atoms with Crippen LogP contribution in [-0.4, -0.2) is 25.5 Å². The minimum atomic E-state index is -0.750. The Kier molecular flexibility index (Phi) is 4.13. The second-order valence-corrected chi connectivity index (χ2v) is 5.50. The summed E-state index contributed by atoms with van der Waals surface area (Å²) in [6.07, 6.45) is 3.34. The number of hydrogen-bond acceptors (Lipinski definition) is 4. The lowest BCUT2D eigenvalue weighted by Gasteiger charge is -2.12. The summed E-state index contributed by atoms with van der Waals surface area (Å²) in [5, 5.41) is 11.4. The first-order valence-corrected chi connectivity index (χ1v) is 6.92. The van der Waals surface area contributed by atoms with Gasteiger partial charge in [0.2, 0.25) is 5.91 Å². The summed E-state index contributed by atoms with van der Waals surface area (Å²) in [6.45, 7) is 7.90. The van der Waals surface area contributed by atoms with Crippen molar-refractivity contribution in [3.63, 3.8) is 0 Å². The van der Waals surface area contributed by atoms with E-state index in [1.165, 1.54) is 0 Å². The van der Waals surface area contributed by atoms with Gasteiger partial charge in [-0.1, -0.05) is 0 Å². The van der Waals surface area contributed by atoms with Gasteiger partial charge in [-0.15, -0.1) is 0 Å². The Labute approximate surface area is 124 Å². The molecule has 0 bridgehead atoms. The number of hydrogen-bond donors (Lipinski definition) is 2. The number of aryl methyl sites for hydroxylation is 2. The van der Waals surface area contributed by atoms with Gasteiger partial charge in [0, 0.05) is 24.8 Å². The zero-order valence-corrected chi connectivity index (χ0v) is 13.1. The molecular weight excluding hydrogens is 268 g/mol. The van der Waals surface area contributed by atoms with Crippen molar-refractivity contribution in [1.29, 1.82) is 0 Å². The molecule has 0 spiro atoms. The molecule has 1 amide bonds. The zero-order valence-electron chi connectivity index (χ0n) is 13.1. The summed E-state index contributed by atoms with van der Waals surface area (Å²) in [6, 6.07) is -0.513. The number of carbonyl (C=O) groups excluding carboxylic acids is 1. The van der Waals surface area contributed by atoms with Gasteiger partial charge in [0.25, 0.3) is 0 Å². The molecule has 2 rings (SSSR count). The second kappa shape index (κ2) is 5.69. The van der Waals surface area contributed by atoms with Crippen LogP contribution in [0.4, 0.5) is 5.69 Å². The van der Waals surface area contributed by atoms with E-state index in [1.807, 2.05) is 32.4 Å². The topological polar surface area (TPSA) is 90.8 Å². The maximum absolute atomic E-state index is 12.3. The first-order valence-electron chi connectivity index (χ1n) is 6.92. The van der Waals surface area contributed by atoms with Crippen molar-refractivity contribution in [3.8, 4) is 0 Å². The Hall–Kier alpha value is -2.15. The first kappa shape index (κ1) is 15.2. The zero-order chi connectivity index (χ0) is 15.7. The lowest BCUT2D eigenvalue weighted by Crippen LogP contribution is -2.28. The van der Waals surface area contributed by atoms with Crippen molar-refractivity contribution in [2.75, 3.05) is 5.32 Å². The fourth-order valence-corrected chi connectivity index (χ4v) is 2.30. The van der Waals surface area contributed by atoms with Crippen molar-refractivity contribution < 1.29 is 4.79 Å². The molecule has 0 aromatic carbocycles. The van der Waals surface area contributed by atoms with Crippen LogP contribution in [0.15, 0.2) is 12.4 Å². The van der Waals surface area contributed by atoms with Gasteiger partial charge in [0.1, 0.15) is 6.04 Å². The molecule has 2 aromatic heterocycles. The third-order valence-corrected chi connectivity index (χ3v) is 3.43. The second-order valence-electron chi connectivity index (χ2n) is 5.50. The molecule has 0 saturated heterocycles. The monoisotopic (exact) mass is 290 g/mol. The molecule has 114 valence electrons. The maximum Gasteiger partial charge on any atom is 0.246 e. The summed E-state index contributed by atoms with van der Waals surface area (Å²) in [4.78, 5) is 12.3. The van der Waals surface area contributed by atoms with E-state index < -0.39 is 6.04 Å². The standard InChI is InChI=1S/C14H22N6O/c1-8(2)20-10(4)13(9(3)18-20)17-14(21)12(15)11-6-16-19(5)7-11/h6-8,12H,15H2,1-5H3,(H,17,21). The average molecular weight is 290 g/mol. The smallest absolute Gasteiger partial charge is 0.246 e. The summed E-state index contributed by atoms with van der Waals surface area (Å²) >= 11 is 0. The largest absolute Gasteiger partial charge is 0.321 e. The molecule has 3 N–H and O–H groups in total. The molecule has 2 heterocycles. The molecule has 0 aliphatic heterocycles. The van der Waals surface area contributed by atoms with Gasteiger partial charge in [-0.2, -0.15) is 10.2 Å². The number of amides is 1. The van der Waals surface area contributed by atoms with Crippen LogP contribution in [0, 0.1) is 13.8 Å². The first-order chi connectivity index (χ1) is 9.81. The summed E-state index contributed by atoms with van der Waals surface area (Å²) in [5.74, 6) is -0.266. The molecule has 1 unspecified atom stereocenters. The number of rotatable bonds is 4. The number of nitrogens with zero attached hydrogens (tertiary/aromatic N) is 4. The van der Waals surface area contributed by atoms with Crippen LogP contribution in [0.1, 0.15) is 42.9 Å². The third-order valence-electron chi connectivity index (χ3n) is 3.43. The Balaban J connectivity index is 2.20. The Morgan fingerprint density at radius 2 is 2.05 bits per heavy atom. The summed E-state index contributed by atoms with van der Waals surface area (Å²) in [7, 11) is 1.79. The Morgan fingerprint density at radius 1 is 1.38 bits per heavy atom. The predicted molar refractivity (Wildman–Crippen MR) is 80.9 cm³/mol. The van der Waals surface area contributed by atoms with Crippen LogP contribution < -0.4 is 11.1 Å². The van der Waals surface area contributed by atoms with Crippen LogP contribution in [0.5, 0.6) is 0 Å². The van der Waals surface area contributed by atoms with Crippen LogP contribution in [-0.2, 0) is 11.8 Å². The number of aromatic nitrogens is 4. The van der Waals surface area contributed by atoms with Crippen LogP contribution >= 0.6 is 0 Å². The molecule has 7 heteroatoms. The van der Waals surface area contributed by atoms with E-state index in [0.29, 0.717) is 5.56 Å². The normalized spacial score (nSPS) is 12.7. The fraction of sp³-hybridized carbons (Fsp3) is 0.500. The number of nitrogens with two attached hydrogens (primary N) is 1. The fourth-order valence-electron chi connectivity index (χ4n) is 2.30. The van der Waals surface area contributed by atoms with E-state index in [0.717, 1.165) is 17.1 Å². The molecule has 2 aromatic rings. The van der Waals surface area contributed by atoms with Gasteiger partial charge in [-0.3, -0.25) is 14.2 Å². The Morgan fingerprint density at radius 3 is 2.52 bits per heavy atom. The highest BCUT2D eigenvalue weighted by Gasteiger charge is 2.21. The van der Waals surface area contributed by atoms with Crippen molar-refractivity contribution in [2.45, 2.75) is 39.8 Å². The van der Waals surface area contributed by atoms with E-state index in [4.69, 9.17) is 5.73 Å². The maximum atomic E-state index is 12.3. The van der Waals surface area contributed by atoms with Crippen molar-refractivity contribution >= 4 is 11.6 Å². The molecule has 21 heavy (non-hydrogen) atoms. The van der Waals surface area contributed by atoms with E-state index >= 15 is 0 Å². The van der Waals surface area contributed by atoms with Gasteiger partial charge in [0.15, 0.2) is 0 Å². The highest BCUT2D eigenvalue weighted by molar-refractivity contribution is 5.96. The molecule has 0 radical (unpaired) electrons. The van der Waals surface area contributed by atoms with Crippen LogP contribution in [0.25, 0.3) is 0 Å². The van der Waals surface area contributed by atoms with Crippen molar-refractivity contribution in [3.05, 3.63) is 29.3 Å². The lowest BCUT2D eigenvalue weighted by atomic mass is 10.1. The van der Waals surface area contributed by atoms with Crippen molar-refractivity contribution in [1.82, 2.24) is 19.6 Å². The minimum absolute atomic E-state index is 0.237. The molecule has 1 atom stereocenters. The van der Waals surface area contributed by atoms with Crippen LogP contribution in [0.3, 0.4) is 0 Å². The summed E-state index contributed by atoms with van der Waals surface area (Å²) in [5.41, 5.74) is 9.10. The lowest BCUT2D eigenvalue weighted by molar-refractivity contribution is -0.117. The average Bonchev–Trinajstić information content (AvgIpc) is 2.96. The van der Waals surface area contributed by atoms with E-state index in [1.54, 1.807) is 24.1 Å². The molecule has 0 fully saturated rings. The molecule has 0 aliphatic rings. The van der Waals surface area contributed by atoms with E-state index in [-0.39, 0.29) is 11.9 Å². The minimum Gasteiger partial charge on any atom is -0.321 e. The van der Waals surface area contributed by atoms with Gasteiger partial charge in [-0.05, 0) is 27.7 Å².